The van der Waals surface area contributed by atoms with E-state index in [9.17, 15) is 8.78 Å². The van der Waals surface area contributed by atoms with Gasteiger partial charge in [-0.25, -0.2) is 13.8 Å². The third kappa shape index (κ3) is 2.10. The smallest absolute Gasteiger partial charge is 0.141 e. The number of benzene rings is 2. The van der Waals surface area contributed by atoms with Crippen molar-refractivity contribution in [3.63, 3.8) is 0 Å². The Balaban J connectivity index is 2.17. The van der Waals surface area contributed by atoms with Crippen molar-refractivity contribution in [2.45, 2.75) is 13.3 Å². The topological polar surface area (TPSA) is 28.7 Å². The Kier molecular flexibility index (Phi) is 2.78. The molecule has 1 aromatic heterocycles. The van der Waals surface area contributed by atoms with Crippen LogP contribution in [0.25, 0.3) is 22.4 Å². The van der Waals surface area contributed by atoms with Gasteiger partial charge >= 0.3 is 0 Å². The van der Waals surface area contributed by atoms with Gasteiger partial charge in [-0.2, -0.15) is 0 Å². The van der Waals surface area contributed by atoms with Crippen LogP contribution < -0.4 is 0 Å². The summed E-state index contributed by atoms with van der Waals surface area (Å²) in [6.45, 7) is 2.06. The van der Waals surface area contributed by atoms with Crippen LogP contribution in [0.1, 0.15) is 12.5 Å². The lowest BCUT2D eigenvalue weighted by Crippen LogP contribution is -1.87. The van der Waals surface area contributed by atoms with Crippen LogP contribution in [0.2, 0.25) is 0 Å². The fourth-order valence-corrected chi connectivity index (χ4v) is 2.08. The van der Waals surface area contributed by atoms with Crippen LogP contribution in [0.3, 0.4) is 0 Å². The molecule has 3 aromatic rings. The lowest BCUT2D eigenvalue weighted by atomic mass is 10.1. The number of hydrogen-bond donors (Lipinski definition) is 1. The zero-order chi connectivity index (χ0) is 13.4. The Morgan fingerprint density at radius 3 is 2.74 bits per heavy atom. The maximum Gasteiger partial charge on any atom is 0.141 e. The van der Waals surface area contributed by atoms with E-state index in [0.29, 0.717) is 5.82 Å². The number of H-pyrrole nitrogens is 1. The summed E-state index contributed by atoms with van der Waals surface area (Å²) in [5.74, 6) is -0.623. The molecule has 0 amide bonds. The van der Waals surface area contributed by atoms with Crippen LogP contribution in [0.5, 0.6) is 0 Å². The maximum atomic E-state index is 13.7. The molecular formula is C15H12F2N2. The van der Waals surface area contributed by atoms with E-state index in [2.05, 4.69) is 16.9 Å². The van der Waals surface area contributed by atoms with Crippen LogP contribution in [0.15, 0.2) is 36.4 Å². The fourth-order valence-electron chi connectivity index (χ4n) is 2.08. The summed E-state index contributed by atoms with van der Waals surface area (Å²) in [6.07, 6.45) is 0.915. The van der Waals surface area contributed by atoms with Crippen molar-refractivity contribution in [2.75, 3.05) is 0 Å². The summed E-state index contributed by atoms with van der Waals surface area (Å²) in [7, 11) is 0. The minimum atomic E-state index is -0.490. The number of rotatable bonds is 2. The van der Waals surface area contributed by atoms with Crippen LogP contribution in [0, 0.1) is 11.6 Å². The van der Waals surface area contributed by atoms with Crippen LogP contribution in [-0.2, 0) is 6.42 Å². The third-order valence-electron chi connectivity index (χ3n) is 3.14. The highest BCUT2D eigenvalue weighted by Crippen LogP contribution is 2.24. The highest BCUT2D eigenvalue weighted by atomic mass is 19.1. The summed E-state index contributed by atoms with van der Waals surface area (Å²) in [4.78, 5) is 7.33. The Bertz CT molecular complexity index is 747. The van der Waals surface area contributed by atoms with E-state index in [1.807, 2.05) is 18.2 Å². The van der Waals surface area contributed by atoms with Crippen molar-refractivity contribution in [1.82, 2.24) is 9.97 Å². The van der Waals surface area contributed by atoms with Gasteiger partial charge in [-0.15, -0.1) is 0 Å². The SMILES string of the molecule is CCc1ccc2nc(-c3cc(F)ccc3F)[nH]c2c1. The normalized spacial score (nSPS) is 11.1. The predicted octanol–water partition coefficient (Wildman–Crippen LogP) is 4.07. The minimum Gasteiger partial charge on any atom is -0.338 e. The average molecular weight is 258 g/mol. The van der Waals surface area contributed by atoms with E-state index in [1.54, 1.807) is 0 Å². The number of halogens is 2. The molecule has 0 saturated carbocycles. The molecule has 0 spiro atoms. The fraction of sp³-hybridized carbons (Fsp3) is 0.133. The second kappa shape index (κ2) is 4.46. The Labute approximate surface area is 109 Å². The first kappa shape index (κ1) is 11.8. The van der Waals surface area contributed by atoms with Crippen molar-refractivity contribution < 1.29 is 8.78 Å². The zero-order valence-electron chi connectivity index (χ0n) is 10.4. The van der Waals surface area contributed by atoms with Gasteiger partial charge in [-0.1, -0.05) is 13.0 Å². The lowest BCUT2D eigenvalue weighted by molar-refractivity contribution is 0.602. The zero-order valence-corrected chi connectivity index (χ0v) is 10.4. The van der Waals surface area contributed by atoms with Gasteiger partial charge in [0.05, 0.1) is 16.6 Å². The van der Waals surface area contributed by atoms with Crippen molar-refractivity contribution in [3.8, 4) is 11.4 Å². The van der Waals surface area contributed by atoms with Gasteiger partial charge in [0.1, 0.15) is 17.5 Å². The number of fused-ring (bicyclic) bond motifs is 1. The van der Waals surface area contributed by atoms with Crippen molar-refractivity contribution in [1.29, 1.82) is 0 Å². The molecule has 2 nitrogen and oxygen atoms in total. The molecule has 2 aromatic carbocycles. The second-order valence-corrected chi connectivity index (χ2v) is 4.41. The Hall–Kier alpha value is -2.23. The summed E-state index contributed by atoms with van der Waals surface area (Å²) in [5, 5.41) is 0. The standard InChI is InChI=1S/C15H12F2N2/c1-2-9-3-6-13-14(7-9)19-15(18-13)11-8-10(16)4-5-12(11)17/h3-8H,2H2,1H3,(H,18,19). The van der Waals surface area contributed by atoms with Gasteiger partial charge in [-0.05, 0) is 42.3 Å². The van der Waals surface area contributed by atoms with Crippen molar-refractivity contribution in [3.05, 3.63) is 53.6 Å². The van der Waals surface area contributed by atoms with Crippen LogP contribution in [0.4, 0.5) is 8.78 Å². The van der Waals surface area contributed by atoms with Crippen LogP contribution in [-0.4, -0.2) is 9.97 Å². The first-order chi connectivity index (χ1) is 9.17. The van der Waals surface area contributed by atoms with Gasteiger partial charge in [0.15, 0.2) is 0 Å². The van der Waals surface area contributed by atoms with E-state index < -0.39 is 11.6 Å². The number of aromatic nitrogens is 2. The Morgan fingerprint density at radius 2 is 1.95 bits per heavy atom. The monoisotopic (exact) mass is 258 g/mol. The van der Waals surface area contributed by atoms with Crippen molar-refractivity contribution >= 4 is 11.0 Å². The van der Waals surface area contributed by atoms with Gasteiger partial charge in [0, 0.05) is 0 Å². The lowest BCUT2D eigenvalue weighted by Gasteiger charge is -1.98. The quantitative estimate of drug-likeness (QED) is 0.737. The van der Waals surface area contributed by atoms with Crippen LogP contribution >= 0.6 is 0 Å². The number of hydrogen-bond acceptors (Lipinski definition) is 1. The number of aromatic amines is 1. The molecule has 0 atom stereocenters. The molecule has 96 valence electrons. The third-order valence-corrected chi connectivity index (χ3v) is 3.14. The predicted molar refractivity (Wildman–Crippen MR) is 70.8 cm³/mol. The van der Waals surface area contributed by atoms with Gasteiger partial charge in [-0.3, -0.25) is 0 Å². The maximum absolute atomic E-state index is 13.7. The van der Waals surface area contributed by atoms with Gasteiger partial charge in [0.2, 0.25) is 0 Å². The van der Waals surface area contributed by atoms with E-state index in [-0.39, 0.29) is 5.56 Å². The molecule has 1 heterocycles. The minimum absolute atomic E-state index is 0.147. The molecule has 0 radical (unpaired) electrons. The largest absolute Gasteiger partial charge is 0.338 e. The molecule has 1 N–H and O–H groups in total. The molecule has 4 heteroatoms. The van der Waals surface area contributed by atoms with E-state index in [1.165, 1.54) is 5.56 Å². The Morgan fingerprint density at radius 1 is 1.11 bits per heavy atom. The summed E-state index contributed by atoms with van der Waals surface area (Å²) < 4.78 is 26.9. The molecular weight excluding hydrogens is 246 g/mol. The molecule has 0 fully saturated rings. The average Bonchev–Trinajstić information content (AvgIpc) is 2.83. The molecule has 0 aliphatic carbocycles. The molecule has 0 bridgehead atoms. The molecule has 3 rings (SSSR count). The molecule has 0 saturated heterocycles. The molecule has 0 unspecified atom stereocenters. The second-order valence-electron chi connectivity index (χ2n) is 4.41. The van der Waals surface area contributed by atoms with E-state index in [4.69, 9.17) is 0 Å². The number of aryl methyl sites for hydroxylation is 1. The number of nitrogens with one attached hydrogen (secondary N) is 1. The first-order valence-electron chi connectivity index (χ1n) is 6.11. The van der Waals surface area contributed by atoms with E-state index >= 15 is 0 Å². The first-order valence-corrected chi connectivity index (χ1v) is 6.11. The number of nitrogens with zero attached hydrogens (tertiary/aromatic N) is 1. The van der Waals surface area contributed by atoms with Gasteiger partial charge < -0.3 is 4.98 Å². The van der Waals surface area contributed by atoms with E-state index in [0.717, 1.165) is 35.7 Å². The summed E-state index contributed by atoms with van der Waals surface area (Å²) in [5.41, 5.74) is 2.89. The van der Waals surface area contributed by atoms with Gasteiger partial charge in [0.25, 0.3) is 0 Å². The molecule has 19 heavy (non-hydrogen) atoms. The van der Waals surface area contributed by atoms with Crippen molar-refractivity contribution in [2.24, 2.45) is 0 Å². The summed E-state index contributed by atoms with van der Waals surface area (Å²) in [6, 6.07) is 9.18. The highest BCUT2D eigenvalue weighted by molar-refractivity contribution is 5.80. The highest BCUT2D eigenvalue weighted by Gasteiger charge is 2.11. The molecule has 0 aliphatic rings. The number of imidazole rings is 1. The summed E-state index contributed by atoms with van der Waals surface area (Å²) >= 11 is 0. The molecule has 0 aliphatic heterocycles.